The van der Waals surface area contributed by atoms with Gasteiger partial charge in [-0.05, 0) is 105 Å². The first-order valence-electron chi connectivity index (χ1n) is 13.1. The van der Waals surface area contributed by atoms with E-state index in [0.717, 1.165) is 17.5 Å². The van der Waals surface area contributed by atoms with Gasteiger partial charge in [0.15, 0.2) is 0 Å². The van der Waals surface area contributed by atoms with Crippen LogP contribution in [0.3, 0.4) is 0 Å². The van der Waals surface area contributed by atoms with E-state index in [9.17, 15) is 0 Å². The van der Waals surface area contributed by atoms with Crippen molar-refractivity contribution in [1.82, 2.24) is 9.88 Å². The van der Waals surface area contributed by atoms with E-state index in [0.29, 0.717) is 22.7 Å². The molecule has 1 saturated heterocycles. The molecule has 3 fully saturated rings. The van der Waals surface area contributed by atoms with E-state index in [2.05, 4.69) is 90.5 Å². The van der Waals surface area contributed by atoms with Gasteiger partial charge in [-0.3, -0.25) is 4.90 Å². The molecule has 0 bridgehead atoms. The van der Waals surface area contributed by atoms with Crippen molar-refractivity contribution in [3.05, 3.63) is 23.3 Å². The van der Waals surface area contributed by atoms with Crippen LogP contribution in [0.1, 0.15) is 81.1 Å². The van der Waals surface area contributed by atoms with E-state index >= 15 is 0 Å². The lowest BCUT2D eigenvalue weighted by Crippen LogP contribution is -2.59. The van der Waals surface area contributed by atoms with Crippen molar-refractivity contribution in [3.63, 3.8) is 0 Å². The minimum Gasteiger partial charge on any atom is -0.332 e. The number of rotatable bonds is 3. The highest BCUT2D eigenvalue weighted by Gasteiger charge is 2.57. The van der Waals surface area contributed by atoms with Crippen LogP contribution < -0.4 is 4.98 Å². The Labute approximate surface area is 194 Å². The number of hydrogen-bond donors (Lipinski definition) is 1. The molecular formula is C28H50N2Si. The van der Waals surface area contributed by atoms with Gasteiger partial charge in [0, 0.05) is 11.6 Å². The molecule has 176 valence electrons. The van der Waals surface area contributed by atoms with Gasteiger partial charge in [0.1, 0.15) is 8.24 Å². The van der Waals surface area contributed by atoms with Gasteiger partial charge in [-0.2, -0.15) is 0 Å². The molecule has 1 heterocycles. The smallest absolute Gasteiger partial charge is 0.123 e. The van der Waals surface area contributed by atoms with Crippen LogP contribution in [-0.4, -0.2) is 37.8 Å². The van der Waals surface area contributed by atoms with Crippen LogP contribution >= 0.6 is 0 Å². The fourth-order valence-corrected chi connectivity index (χ4v) is 13.1. The summed E-state index contributed by atoms with van der Waals surface area (Å²) in [5.74, 6) is 2.15. The third-order valence-corrected chi connectivity index (χ3v) is 13.3. The summed E-state index contributed by atoms with van der Waals surface area (Å²) >= 11 is 0. The normalized spacial score (nSPS) is 37.8. The standard InChI is InChI=1S/C28H50N2Si/c1-19-24(30-15-11-12-16-30)20-17-22-23(28(7,8)14-13-27(22,5)6)18-21(20)25(19)31(9,10)29-26(2,3)4/h17-21,24-25,29H,11-16H2,1-10H3. The van der Waals surface area contributed by atoms with Crippen LogP contribution in [0.25, 0.3) is 0 Å². The van der Waals surface area contributed by atoms with Gasteiger partial charge in [0.25, 0.3) is 0 Å². The molecule has 0 amide bonds. The summed E-state index contributed by atoms with van der Waals surface area (Å²) in [5, 5.41) is 0. The Morgan fingerprint density at radius 3 is 1.87 bits per heavy atom. The molecule has 31 heavy (non-hydrogen) atoms. The van der Waals surface area contributed by atoms with Crippen LogP contribution in [0.2, 0.25) is 18.6 Å². The predicted molar refractivity (Wildman–Crippen MR) is 138 cm³/mol. The van der Waals surface area contributed by atoms with E-state index in [1.165, 1.54) is 38.8 Å². The van der Waals surface area contributed by atoms with E-state index in [1.54, 1.807) is 11.1 Å². The molecule has 1 N–H and O–H groups in total. The molecule has 3 aliphatic carbocycles. The van der Waals surface area contributed by atoms with Gasteiger partial charge in [-0.1, -0.05) is 59.9 Å². The fourth-order valence-electron chi connectivity index (χ4n) is 8.25. The van der Waals surface area contributed by atoms with Crippen molar-refractivity contribution >= 4 is 8.24 Å². The molecule has 0 aromatic carbocycles. The first kappa shape index (κ1) is 23.8. The molecule has 0 radical (unpaired) electrons. The molecule has 2 saturated carbocycles. The molecule has 0 aromatic rings. The Balaban J connectivity index is 1.81. The van der Waals surface area contributed by atoms with Gasteiger partial charge in [-0.25, -0.2) is 0 Å². The fraction of sp³-hybridized carbons (Fsp3) is 0.857. The molecule has 5 atom stereocenters. The predicted octanol–water partition coefficient (Wildman–Crippen LogP) is 7.01. The Hall–Kier alpha value is -0.383. The number of hydrogen-bond acceptors (Lipinski definition) is 2. The zero-order valence-electron chi connectivity index (χ0n) is 22.2. The summed E-state index contributed by atoms with van der Waals surface area (Å²) in [6.45, 7) is 27.6. The maximum Gasteiger partial charge on any atom is 0.123 e. The minimum atomic E-state index is -1.66. The lowest BCUT2D eigenvalue weighted by atomic mass is 9.58. The quantitative estimate of drug-likeness (QED) is 0.473. The Morgan fingerprint density at radius 2 is 1.39 bits per heavy atom. The Bertz CT molecular complexity index is 760. The molecule has 3 heteroatoms. The summed E-state index contributed by atoms with van der Waals surface area (Å²) in [5.41, 5.74) is 5.00. The first-order chi connectivity index (χ1) is 14.1. The average molecular weight is 443 g/mol. The number of allylic oxidation sites excluding steroid dienone is 3. The van der Waals surface area contributed by atoms with E-state index in [-0.39, 0.29) is 5.54 Å². The van der Waals surface area contributed by atoms with Gasteiger partial charge in [0.2, 0.25) is 0 Å². The highest BCUT2D eigenvalue weighted by Crippen LogP contribution is 2.61. The third-order valence-electron chi connectivity index (χ3n) is 9.29. The summed E-state index contributed by atoms with van der Waals surface area (Å²) < 4.78 is 0. The lowest BCUT2D eigenvalue weighted by Gasteiger charge is -2.49. The second kappa shape index (κ2) is 7.57. The van der Waals surface area contributed by atoms with Gasteiger partial charge in [0.05, 0.1) is 0 Å². The van der Waals surface area contributed by atoms with Gasteiger partial charge in [-0.15, -0.1) is 0 Å². The van der Waals surface area contributed by atoms with E-state index < -0.39 is 8.24 Å². The topological polar surface area (TPSA) is 15.3 Å². The molecular weight excluding hydrogens is 392 g/mol. The highest BCUT2D eigenvalue weighted by atomic mass is 28.3. The number of nitrogens with zero attached hydrogens (tertiary/aromatic N) is 1. The summed E-state index contributed by atoms with van der Waals surface area (Å²) in [6, 6.07) is 0.720. The third kappa shape index (κ3) is 4.17. The second-order valence-corrected chi connectivity index (χ2v) is 18.7. The van der Waals surface area contributed by atoms with Crippen LogP contribution in [0.4, 0.5) is 0 Å². The monoisotopic (exact) mass is 442 g/mol. The SMILES string of the molecule is CC1C(N2CCCC2)C2C=C3C(=CC2C1[Si](C)(C)NC(C)(C)C)C(C)(C)CCC3(C)C. The second-order valence-electron chi connectivity index (χ2n) is 14.3. The van der Waals surface area contributed by atoms with Crippen molar-refractivity contribution in [2.75, 3.05) is 13.1 Å². The van der Waals surface area contributed by atoms with E-state index in [4.69, 9.17) is 0 Å². The van der Waals surface area contributed by atoms with E-state index in [1.807, 2.05) is 0 Å². The minimum absolute atomic E-state index is 0.186. The molecule has 2 nitrogen and oxygen atoms in total. The number of fused-ring (bicyclic) bond motifs is 2. The Morgan fingerprint density at radius 1 is 0.903 bits per heavy atom. The summed E-state index contributed by atoms with van der Waals surface area (Å²) in [7, 11) is -1.66. The molecule has 0 aromatic heterocycles. The maximum atomic E-state index is 4.19. The van der Waals surface area contributed by atoms with Crippen LogP contribution in [0.15, 0.2) is 23.3 Å². The largest absolute Gasteiger partial charge is 0.332 e. The molecule has 4 rings (SSSR count). The van der Waals surface area contributed by atoms with Crippen LogP contribution in [0.5, 0.6) is 0 Å². The first-order valence-corrected chi connectivity index (χ1v) is 16.2. The number of nitrogens with one attached hydrogen (secondary N) is 1. The average Bonchev–Trinajstić information content (AvgIpc) is 3.20. The molecule has 4 aliphatic rings. The number of likely N-dealkylation sites (tertiary alicyclic amines) is 1. The zero-order chi connectivity index (χ0) is 23.0. The van der Waals surface area contributed by atoms with Crippen molar-refractivity contribution in [2.24, 2.45) is 28.6 Å². The van der Waals surface area contributed by atoms with Gasteiger partial charge >= 0.3 is 0 Å². The van der Waals surface area contributed by atoms with Crippen LogP contribution in [0, 0.1) is 28.6 Å². The Kier molecular flexibility index (Phi) is 5.80. The zero-order valence-corrected chi connectivity index (χ0v) is 23.2. The van der Waals surface area contributed by atoms with Crippen molar-refractivity contribution in [3.8, 4) is 0 Å². The van der Waals surface area contributed by atoms with Crippen molar-refractivity contribution in [2.45, 2.75) is 111 Å². The van der Waals surface area contributed by atoms with Gasteiger partial charge < -0.3 is 4.98 Å². The maximum absolute atomic E-state index is 4.19. The van der Waals surface area contributed by atoms with Crippen molar-refractivity contribution < 1.29 is 0 Å². The molecule has 0 spiro atoms. The summed E-state index contributed by atoms with van der Waals surface area (Å²) in [4.78, 5) is 7.08. The summed E-state index contributed by atoms with van der Waals surface area (Å²) in [6.07, 6.45) is 11.1. The lowest BCUT2D eigenvalue weighted by molar-refractivity contribution is 0.172. The van der Waals surface area contributed by atoms with Crippen LogP contribution in [-0.2, 0) is 0 Å². The highest BCUT2D eigenvalue weighted by molar-refractivity contribution is 6.76. The molecule has 1 aliphatic heterocycles. The molecule has 5 unspecified atom stereocenters. The van der Waals surface area contributed by atoms with Crippen molar-refractivity contribution in [1.29, 1.82) is 0 Å².